The van der Waals surface area contributed by atoms with Gasteiger partial charge in [-0.1, -0.05) is 0 Å². The van der Waals surface area contributed by atoms with Gasteiger partial charge >= 0.3 is 0 Å². The molecule has 6 heteroatoms. The molecule has 0 aromatic carbocycles. The molecule has 0 unspecified atom stereocenters. The predicted octanol–water partition coefficient (Wildman–Crippen LogP) is 2.21. The molecule has 1 saturated heterocycles. The van der Waals surface area contributed by atoms with Crippen LogP contribution in [0.2, 0.25) is 0 Å². The van der Waals surface area contributed by atoms with Gasteiger partial charge in [0, 0.05) is 43.1 Å². The summed E-state index contributed by atoms with van der Waals surface area (Å²) < 4.78 is 1.79. The molecule has 0 spiro atoms. The van der Waals surface area contributed by atoms with Crippen LogP contribution in [0.1, 0.15) is 54.8 Å². The van der Waals surface area contributed by atoms with Gasteiger partial charge in [-0.2, -0.15) is 10.2 Å². The normalized spacial score (nSPS) is 19.2. The van der Waals surface area contributed by atoms with Crippen LogP contribution >= 0.6 is 0 Å². The van der Waals surface area contributed by atoms with Crippen LogP contribution in [0.3, 0.4) is 0 Å². The number of aromatic nitrogens is 4. The second kappa shape index (κ2) is 5.71. The number of H-pyrrole nitrogens is 1. The van der Waals surface area contributed by atoms with E-state index in [2.05, 4.69) is 15.3 Å². The predicted molar refractivity (Wildman–Crippen MR) is 79.1 cm³/mol. The van der Waals surface area contributed by atoms with Crippen molar-refractivity contribution in [3.63, 3.8) is 0 Å². The summed E-state index contributed by atoms with van der Waals surface area (Å²) in [5, 5.41) is 11.3. The van der Waals surface area contributed by atoms with Crippen molar-refractivity contribution in [3.05, 3.63) is 35.9 Å². The highest BCUT2D eigenvalue weighted by molar-refractivity contribution is 5.92. The van der Waals surface area contributed by atoms with Crippen LogP contribution in [0.15, 0.2) is 24.5 Å². The van der Waals surface area contributed by atoms with Crippen molar-refractivity contribution in [1.82, 2.24) is 24.9 Å². The number of aromatic amines is 1. The molecule has 2 aromatic heterocycles. The number of nitrogens with zero attached hydrogens (tertiary/aromatic N) is 4. The van der Waals surface area contributed by atoms with Gasteiger partial charge in [0.2, 0.25) is 0 Å². The van der Waals surface area contributed by atoms with Crippen molar-refractivity contribution in [1.29, 1.82) is 0 Å². The molecule has 1 atom stereocenters. The second-order valence-corrected chi connectivity index (χ2v) is 5.86. The largest absolute Gasteiger partial charge is 0.337 e. The summed E-state index contributed by atoms with van der Waals surface area (Å²) in [5.41, 5.74) is 1.79. The lowest BCUT2D eigenvalue weighted by Crippen LogP contribution is -2.40. The summed E-state index contributed by atoms with van der Waals surface area (Å²) in [4.78, 5) is 14.7. The van der Waals surface area contributed by atoms with Gasteiger partial charge in [-0.3, -0.25) is 14.6 Å². The van der Waals surface area contributed by atoms with Gasteiger partial charge in [-0.25, -0.2) is 0 Å². The molecular weight excluding hydrogens is 266 g/mol. The third kappa shape index (κ3) is 2.70. The van der Waals surface area contributed by atoms with Crippen LogP contribution in [-0.4, -0.2) is 43.9 Å². The third-order valence-corrected chi connectivity index (χ3v) is 4.05. The van der Waals surface area contributed by atoms with E-state index in [9.17, 15) is 4.79 Å². The summed E-state index contributed by atoms with van der Waals surface area (Å²) >= 11 is 0. The van der Waals surface area contributed by atoms with E-state index in [4.69, 9.17) is 0 Å². The zero-order chi connectivity index (χ0) is 14.8. The SMILES string of the molecule is CC(C)n1nccc1C(=O)N1CCC[C@H](c2ccn[nH]2)C1. The Morgan fingerprint density at radius 3 is 2.95 bits per heavy atom. The average Bonchev–Trinajstić information content (AvgIpc) is 3.17. The fraction of sp³-hybridized carbons (Fsp3) is 0.533. The molecule has 0 radical (unpaired) electrons. The van der Waals surface area contributed by atoms with Gasteiger partial charge in [0.1, 0.15) is 5.69 Å². The van der Waals surface area contributed by atoms with Gasteiger partial charge in [0.15, 0.2) is 0 Å². The molecule has 6 nitrogen and oxygen atoms in total. The Hall–Kier alpha value is -2.11. The maximum atomic E-state index is 12.7. The molecule has 112 valence electrons. The molecule has 3 heterocycles. The Morgan fingerprint density at radius 2 is 2.24 bits per heavy atom. The highest BCUT2D eigenvalue weighted by atomic mass is 16.2. The van der Waals surface area contributed by atoms with Crippen LogP contribution in [0.4, 0.5) is 0 Å². The molecule has 0 aliphatic carbocycles. The van der Waals surface area contributed by atoms with E-state index in [0.717, 1.165) is 31.6 Å². The number of hydrogen-bond acceptors (Lipinski definition) is 3. The highest BCUT2D eigenvalue weighted by Crippen LogP contribution is 2.26. The first-order valence-electron chi connectivity index (χ1n) is 7.49. The molecular formula is C15H21N5O. The molecule has 0 bridgehead atoms. The molecule has 3 rings (SSSR count). The standard InChI is InChI=1S/C15H21N5O/c1-11(2)20-14(6-8-17-20)15(21)19-9-3-4-12(10-19)13-5-7-16-18-13/h5-8,11-12H,3-4,9-10H2,1-2H3,(H,16,18)/t12-/m0/s1. The highest BCUT2D eigenvalue weighted by Gasteiger charge is 2.28. The van der Waals surface area contributed by atoms with E-state index >= 15 is 0 Å². The van der Waals surface area contributed by atoms with Crippen LogP contribution in [-0.2, 0) is 0 Å². The second-order valence-electron chi connectivity index (χ2n) is 5.86. The smallest absolute Gasteiger partial charge is 0.272 e. The van der Waals surface area contributed by atoms with Crippen molar-refractivity contribution in [2.75, 3.05) is 13.1 Å². The van der Waals surface area contributed by atoms with Crippen LogP contribution in [0.5, 0.6) is 0 Å². The Bertz CT molecular complexity index is 601. The Morgan fingerprint density at radius 1 is 1.38 bits per heavy atom. The fourth-order valence-electron chi connectivity index (χ4n) is 2.97. The lowest BCUT2D eigenvalue weighted by atomic mass is 9.95. The summed E-state index contributed by atoms with van der Waals surface area (Å²) in [6, 6.07) is 3.99. The van der Waals surface area contributed by atoms with Crippen LogP contribution < -0.4 is 0 Å². The van der Waals surface area contributed by atoms with Gasteiger partial charge in [0.05, 0.1) is 0 Å². The number of hydrogen-bond donors (Lipinski definition) is 1. The number of carbonyl (C=O) groups excluding carboxylic acids is 1. The van der Waals surface area contributed by atoms with Gasteiger partial charge < -0.3 is 4.90 Å². The summed E-state index contributed by atoms with van der Waals surface area (Å²) in [7, 11) is 0. The number of nitrogens with one attached hydrogen (secondary N) is 1. The number of carbonyl (C=O) groups is 1. The van der Waals surface area contributed by atoms with Crippen molar-refractivity contribution < 1.29 is 4.79 Å². The number of amides is 1. The minimum Gasteiger partial charge on any atom is -0.337 e. The number of piperidine rings is 1. The fourth-order valence-corrected chi connectivity index (χ4v) is 2.97. The average molecular weight is 287 g/mol. The first-order valence-corrected chi connectivity index (χ1v) is 7.49. The molecule has 1 aliphatic rings. The van der Waals surface area contributed by atoms with E-state index in [1.54, 1.807) is 17.1 Å². The number of likely N-dealkylation sites (tertiary alicyclic amines) is 1. The quantitative estimate of drug-likeness (QED) is 0.941. The zero-order valence-corrected chi connectivity index (χ0v) is 12.5. The van der Waals surface area contributed by atoms with Gasteiger partial charge in [-0.05, 0) is 38.8 Å². The molecule has 0 saturated carbocycles. The topological polar surface area (TPSA) is 66.8 Å². The third-order valence-electron chi connectivity index (χ3n) is 4.05. The molecule has 2 aromatic rings. The van der Waals surface area contributed by atoms with E-state index in [-0.39, 0.29) is 11.9 Å². The van der Waals surface area contributed by atoms with E-state index in [0.29, 0.717) is 11.6 Å². The lowest BCUT2D eigenvalue weighted by molar-refractivity contribution is 0.0691. The minimum atomic E-state index is 0.0745. The van der Waals surface area contributed by atoms with E-state index in [1.807, 2.05) is 30.9 Å². The summed E-state index contributed by atoms with van der Waals surface area (Å²) in [6.07, 6.45) is 5.58. The summed E-state index contributed by atoms with van der Waals surface area (Å²) in [6.45, 7) is 5.62. The Kier molecular flexibility index (Phi) is 3.77. The van der Waals surface area contributed by atoms with Crippen molar-refractivity contribution >= 4 is 5.91 Å². The van der Waals surface area contributed by atoms with E-state index in [1.165, 1.54) is 0 Å². The van der Waals surface area contributed by atoms with Crippen molar-refractivity contribution in [3.8, 4) is 0 Å². The molecule has 21 heavy (non-hydrogen) atoms. The monoisotopic (exact) mass is 287 g/mol. The summed E-state index contributed by atoms with van der Waals surface area (Å²) in [5.74, 6) is 0.422. The minimum absolute atomic E-state index is 0.0745. The first kappa shape index (κ1) is 13.9. The Balaban J connectivity index is 1.77. The van der Waals surface area contributed by atoms with Crippen LogP contribution in [0.25, 0.3) is 0 Å². The molecule has 1 aliphatic heterocycles. The molecule has 1 amide bonds. The van der Waals surface area contributed by atoms with Crippen molar-refractivity contribution in [2.45, 2.75) is 38.6 Å². The number of rotatable bonds is 3. The van der Waals surface area contributed by atoms with Crippen LogP contribution in [0, 0.1) is 0 Å². The first-order chi connectivity index (χ1) is 10.2. The maximum absolute atomic E-state index is 12.7. The molecule has 1 fully saturated rings. The zero-order valence-electron chi connectivity index (χ0n) is 12.5. The maximum Gasteiger partial charge on any atom is 0.272 e. The van der Waals surface area contributed by atoms with Gasteiger partial charge in [-0.15, -0.1) is 0 Å². The van der Waals surface area contributed by atoms with Gasteiger partial charge in [0.25, 0.3) is 5.91 Å². The van der Waals surface area contributed by atoms with E-state index < -0.39 is 0 Å². The lowest BCUT2D eigenvalue weighted by Gasteiger charge is -2.32. The van der Waals surface area contributed by atoms with Crippen molar-refractivity contribution in [2.24, 2.45) is 0 Å². The Labute approximate surface area is 124 Å². The molecule has 1 N–H and O–H groups in total.